The van der Waals surface area contributed by atoms with Crippen molar-refractivity contribution in [2.24, 2.45) is 5.92 Å². The van der Waals surface area contributed by atoms with Gasteiger partial charge in [0.15, 0.2) is 0 Å². The second-order valence-corrected chi connectivity index (χ2v) is 6.36. The van der Waals surface area contributed by atoms with Crippen LogP contribution in [0.5, 0.6) is 0 Å². The van der Waals surface area contributed by atoms with E-state index in [1.807, 2.05) is 6.07 Å². The molecule has 0 amide bonds. The van der Waals surface area contributed by atoms with Gasteiger partial charge < -0.3 is 5.32 Å². The lowest BCUT2D eigenvalue weighted by atomic mass is 9.91. The first-order chi connectivity index (χ1) is 9.12. The highest BCUT2D eigenvalue weighted by atomic mass is 79.9. The van der Waals surface area contributed by atoms with Crippen LogP contribution >= 0.6 is 27.5 Å². The zero-order valence-electron chi connectivity index (χ0n) is 12.2. The Balaban J connectivity index is 2.85. The largest absolute Gasteiger partial charge is 0.310 e. The monoisotopic (exact) mass is 345 g/mol. The van der Waals surface area contributed by atoms with Crippen molar-refractivity contribution >= 4 is 27.5 Å². The van der Waals surface area contributed by atoms with E-state index >= 15 is 0 Å². The molecule has 0 aliphatic heterocycles. The molecule has 1 N–H and O–H groups in total. The number of hydrogen-bond donors (Lipinski definition) is 1. The molecule has 0 radical (unpaired) electrons. The third-order valence-corrected chi connectivity index (χ3v) is 4.92. The summed E-state index contributed by atoms with van der Waals surface area (Å²) in [5.41, 5.74) is 1.33. The smallest absolute Gasteiger partial charge is 0.0548 e. The molecule has 0 spiro atoms. The van der Waals surface area contributed by atoms with E-state index < -0.39 is 0 Å². The van der Waals surface area contributed by atoms with Crippen molar-refractivity contribution in [1.82, 2.24) is 5.32 Å². The van der Waals surface area contributed by atoms with Crippen molar-refractivity contribution in [3.8, 4) is 0 Å². The van der Waals surface area contributed by atoms with Crippen molar-refractivity contribution in [2.75, 3.05) is 6.54 Å². The van der Waals surface area contributed by atoms with Gasteiger partial charge in [-0.25, -0.2) is 0 Å². The van der Waals surface area contributed by atoms with Gasteiger partial charge in [0, 0.05) is 10.5 Å². The van der Waals surface area contributed by atoms with E-state index in [4.69, 9.17) is 11.6 Å². The molecule has 19 heavy (non-hydrogen) atoms. The fraction of sp³-hybridized carbons (Fsp3) is 0.625. The van der Waals surface area contributed by atoms with Crippen LogP contribution in [0.25, 0.3) is 0 Å². The Labute approximate surface area is 131 Å². The summed E-state index contributed by atoms with van der Waals surface area (Å²) < 4.78 is 0.986. The van der Waals surface area contributed by atoms with Crippen LogP contribution in [0.15, 0.2) is 22.7 Å². The van der Waals surface area contributed by atoms with Crippen LogP contribution in [0.3, 0.4) is 0 Å². The Morgan fingerprint density at radius 1 is 1.21 bits per heavy atom. The maximum atomic E-state index is 6.08. The van der Waals surface area contributed by atoms with Crippen molar-refractivity contribution in [3.63, 3.8) is 0 Å². The standard InChI is InChI=1S/C16H25BrClN/c1-4-9-19-16(10-12(5-2)6-3)13-7-8-15(18)14(17)11-13/h7-8,11-12,16,19H,4-6,9-10H2,1-3H3. The van der Waals surface area contributed by atoms with E-state index in [9.17, 15) is 0 Å². The van der Waals surface area contributed by atoms with Gasteiger partial charge in [-0.2, -0.15) is 0 Å². The predicted molar refractivity (Wildman–Crippen MR) is 88.9 cm³/mol. The molecule has 0 saturated carbocycles. The van der Waals surface area contributed by atoms with Gasteiger partial charge in [-0.1, -0.05) is 51.3 Å². The summed E-state index contributed by atoms with van der Waals surface area (Å²) in [6, 6.07) is 6.70. The van der Waals surface area contributed by atoms with Crippen molar-refractivity contribution in [1.29, 1.82) is 0 Å². The Hall–Kier alpha value is -0.0500. The maximum absolute atomic E-state index is 6.08. The first-order valence-corrected chi connectivity index (χ1v) is 8.47. The van der Waals surface area contributed by atoms with Crippen LogP contribution in [0, 0.1) is 5.92 Å². The molecular formula is C16H25BrClN. The first kappa shape index (κ1) is 17.0. The van der Waals surface area contributed by atoms with E-state index in [-0.39, 0.29) is 0 Å². The number of rotatable bonds is 8. The van der Waals surface area contributed by atoms with Gasteiger partial charge in [-0.15, -0.1) is 0 Å². The van der Waals surface area contributed by atoms with E-state index in [2.05, 4.69) is 54.2 Å². The molecule has 1 unspecified atom stereocenters. The van der Waals surface area contributed by atoms with Gasteiger partial charge in [-0.05, 0) is 58.9 Å². The van der Waals surface area contributed by atoms with Gasteiger partial charge in [-0.3, -0.25) is 0 Å². The third kappa shape index (κ3) is 5.45. The minimum Gasteiger partial charge on any atom is -0.310 e. The molecule has 0 aromatic heterocycles. The lowest BCUT2D eigenvalue weighted by Gasteiger charge is -2.24. The van der Waals surface area contributed by atoms with Gasteiger partial charge >= 0.3 is 0 Å². The van der Waals surface area contributed by atoms with Crippen molar-refractivity contribution < 1.29 is 0 Å². The second-order valence-electron chi connectivity index (χ2n) is 5.10. The van der Waals surface area contributed by atoms with Gasteiger partial charge in [0.1, 0.15) is 0 Å². The minimum absolute atomic E-state index is 0.429. The summed E-state index contributed by atoms with van der Waals surface area (Å²) in [5, 5.41) is 4.45. The van der Waals surface area contributed by atoms with Gasteiger partial charge in [0.25, 0.3) is 0 Å². The lowest BCUT2D eigenvalue weighted by Crippen LogP contribution is -2.24. The van der Waals surface area contributed by atoms with Crippen LogP contribution < -0.4 is 5.32 Å². The topological polar surface area (TPSA) is 12.0 Å². The second kappa shape index (κ2) is 8.99. The van der Waals surface area contributed by atoms with E-state index in [0.717, 1.165) is 28.4 Å². The Morgan fingerprint density at radius 3 is 2.42 bits per heavy atom. The van der Waals surface area contributed by atoms with Crippen LogP contribution in [0.1, 0.15) is 58.1 Å². The number of benzene rings is 1. The molecule has 108 valence electrons. The van der Waals surface area contributed by atoms with Crippen LogP contribution in [-0.2, 0) is 0 Å². The molecule has 0 saturated heterocycles. The van der Waals surface area contributed by atoms with E-state index in [1.165, 1.54) is 24.8 Å². The first-order valence-electron chi connectivity index (χ1n) is 7.30. The molecule has 0 aliphatic rings. The molecule has 0 aliphatic carbocycles. The highest BCUT2D eigenvalue weighted by Crippen LogP contribution is 2.30. The third-order valence-electron chi connectivity index (χ3n) is 3.71. The average molecular weight is 347 g/mol. The predicted octanol–water partition coefficient (Wildman–Crippen LogP) is 5.97. The summed E-state index contributed by atoms with van der Waals surface area (Å²) in [6.07, 6.45) is 4.85. The molecule has 0 bridgehead atoms. The maximum Gasteiger partial charge on any atom is 0.0548 e. The highest BCUT2D eigenvalue weighted by Gasteiger charge is 2.16. The number of hydrogen-bond acceptors (Lipinski definition) is 1. The summed E-state index contributed by atoms with van der Waals surface area (Å²) in [5.74, 6) is 0.781. The van der Waals surface area contributed by atoms with Crippen molar-refractivity contribution in [2.45, 2.75) is 52.5 Å². The summed E-state index contributed by atoms with van der Waals surface area (Å²) in [4.78, 5) is 0. The van der Waals surface area contributed by atoms with E-state index in [1.54, 1.807) is 0 Å². The molecule has 1 atom stereocenters. The molecule has 0 fully saturated rings. The molecule has 1 aromatic rings. The lowest BCUT2D eigenvalue weighted by molar-refractivity contribution is 0.371. The Kier molecular flexibility index (Phi) is 8.05. The normalized spacial score (nSPS) is 12.9. The minimum atomic E-state index is 0.429. The Bertz CT molecular complexity index is 377. The SMILES string of the molecule is CCCNC(CC(CC)CC)c1ccc(Cl)c(Br)c1. The highest BCUT2D eigenvalue weighted by molar-refractivity contribution is 9.10. The molecular weight excluding hydrogens is 322 g/mol. The van der Waals surface area contributed by atoms with E-state index in [0.29, 0.717) is 6.04 Å². The zero-order valence-corrected chi connectivity index (χ0v) is 14.5. The number of nitrogens with one attached hydrogen (secondary N) is 1. The van der Waals surface area contributed by atoms with Crippen LogP contribution in [-0.4, -0.2) is 6.54 Å². The molecule has 1 nitrogen and oxygen atoms in total. The number of halogens is 2. The zero-order chi connectivity index (χ0) is 14.3. The Morgan fingerprint density at radius 2 is 1.89 bits per heavy atom. The summed E-state index contributed by atoms with van der Waals surface area (Å²) >= 11 is 9.61. The van der Waals surface area contributed by atoms with Gasteiger partial charge in [0.2, 0.25) is 0 Å². The molecule has 3 heteroatoms. The molecule has 1 aromatic carbocycles. The fourth-order valence-corrected chi connectivity index (χ4v) is 2.85. The quantitative estimate of drug-likeness (QED) is 0.611. The summed E-state index contributed by atoms with van der Waals surface area (Å²) in [7, 11) is 0. The molecule has 1 rings (SSSR count). The van der Waals surface area contributed by atoms with Crippen molar-refractivity contribution in [3.05, 3.63) is 33.3 Å². The average Bonchev–Trinajstić information content (AvgIpc) is 2.42. The molecule has 0 heterocycles. The van der Waals surface area contributed by atoms with Gasteiger partial charge in [0.05, 0.1) is 5.02 Å². The fourth-order valence-electron chi connectivity index (χ4n) is 2.34. The summed E-state index contributed by atoms with van der Waals surface area (Å²) in [6.45, 7) is 7.83. The van der Waals surface area contributed by atoms with Crippen LogP contribution in [0.2, 0.25) is 5.02 Å². The van der Waals surface area contributed by atoms with Crippen LogP contribution in [0.4, 0.5) is 0 Å².